The van der Waals surface area contributed by atoms with Gasteiger partial charge in [0.2, 0.25) is 11.8 Å². The third-order valence-corrected chi connectivity index (χ3v) is 4.24. The van der Waals surface area contributed by atoms with Crippen LogP contribution in [0, 0.1) is 0 Å². The molecule has 2 aromatic carbocycles. The normalized spacial score (nSPS) is 10.2. The molecule has 0 fully saturated rings. The number of hydrogen-bond acceptors (Lipinski definition) is 4. The molecule has 0 atom stereocenters. The predicted octanol–water partition coefficient (Wildman–Crippen LogP) is 2.47. The molecule has 0 saturated heterocycles. The first-order valence-corrected chi connectivity index (χ1v) is 8.86. The van der Waals surface area contributed by atoms with Crippen LogP contribution in [0.3, 0.4) is 0 Å². The molecule has 0 saturated carbocycles. The minimum Gasteiger partial charge on any atom is -0.497 e. The summed E-state index contributed by atoms with van der Waals surface area (Å²) in [5.41, 5.74) is 2.79. The molecule has 0 aliphatic rings. The highest BCUT2D eigenvalue weighted by Crippen LogP contribution is 2.19. The van der Waals surface area contributed by atoms with Crippen LogP contribution in [-0.2, 0) is 16.0 Å². The Bertz CT molecular complexity index is 755. The van der Waals surface area contributed by atoms with E-state index < -0.39 is 0 Å². The van der Waals surface area contributed by atoms with Crippen LogP contribution in [0.4, 0.5) is 11.4 Å². The monoisotopic (exact) mass is 369 g/mol. The standard InChI is InChI=1S/C21H27N3O3/c1-16(25)24(19-9-7-18(8-10-19)23(2)3)14-13-22-21(26)15-17-5-11-20(27-4)12-6-17/h5-12H,13-15H2,1-4H3,(H,22,26). The van der Waals surface area contributed by atoms with Gasteiger partial charge in [-0.25, -0.2) is 0 Å². The maximum atomic E-state index is 12.1. The van der Waals surface area contributed by atoms with E-state index in [0.29, 0.717) is 19.5 Å². The van der Waals surface area contributed by atoms with Crippen LogP contribution in [0.25, 0.3) is 0 Å². The van der Waals surface area contributed by atoms with Crippen LogP contribution in [0.2, 0.25) is 0 Å². The topological polar surface area (TPSA) is 61.9 Å². The lowest BCUT2D eigenvalue weighted by Crippen LogP contribution is -2.38. The molecule has 0 bridgehead atoms. The fraction of sp³-hybridized carbons (Fsp3) is 0.333. The minimum atomic E-state index is -0.0772. The third-order valence-electron chi connectivity index (χ3n) is 4.24. The first-order chi connectivity index (χ1) is 12.9. The van der Waals surface area contributed by atoms with Crippen molar-refractivity contribution in [2.75, 3.05) is 44.1 Å². The highest BCUT2D eigenvalue weighted by Gasteiger charge is 2.12. The lowest BCUT2D eigenvalue weighted by Gasteiger charge is -2.22. The van der Waals surface area contributed by atoms with E-state index in [1.165, 1.54) is 6.92 Å². The molecule has 0 aliphatic heterocycles. The fourth-order valence-electron chi connectivity index (χ4n) is 2.70. The Morgan fingerprint density at radius 3 is 2.07 bits per heavy atom. The highest BCUT2D eigenvalue weighted by atomic mass is 16.5. The summed E-state index contributed by atoms with van der Waals surface area (Å²) in [7, 11) is 5.54. The Morgan fingerprint density at radius 2 is 1.56 bits per heavy atom. The second-order valence-electron chi connectivity index (χ2n) is 6.46. The van der Waals surface area contributed by atoms with Crippen molar-refractivity contribution in [2.24, 2.45) is 0 Å². The number of rotatable bonds is 8. The fourth-order valence-corrected chi connectivity index (χ4v) is 2.70. The van der Waals surface area contributed by atoms with E-state index in [1.807, 2.05) is 67.5 Å². The number of carbonyl (C=O) groups excluding carboxylic acids is 2. The van der Waals surface area contributed by atoms with Crippen molar-refractivity contribution < 1.29 is 14.3 Å². The van der Waals surface area contributed by atoms with Crippen LogP contribution in [-0.4, -0.2) is 46.1 Å². The predicted molar refractivity (Wildman–Crippen MR) is 109 cm³/mol. The van der Waals surface area contributed by atoms with Crippen molar-refractivity contribution in [3.05, 3.63) is 54.1 Å². The first kappa shape index (κ1) is 20.3. The number of nitrogens with zero attached hydrogens (tertiary/aromatic N) is 2. The molecule has 2 amide bonds. The van der Waals surface area contributed by atoms with Crippen LogP contribution in [0.15, 0.2) is 48.5 Å². The van der Waals surface area contributed by atoms with Gasteiger partial charge in [0, 0.05) is 45.5 Å². The Morgan fingerprint density at radius 1 is 0.963 bits per heavy atom. The van der Waals surface area contributed by atoms with Crippen LogP contribution in [0.1, 0.15) is 12.5 Å². The van der Waals surface area contributed by atoms with Gasteiger partial charge < -0.3 is 19.9 Å². The molecule has 0 aliphatic carbocycles. The molecule has 0 spiro atoms. The molecule has 1 N–H and O–H groups in total. The zero-order valence-electron chi connectivity index (χ0n) is 16.4. The first-order valence-electron chi connectivity index (χ1n) is 8.86. The van der Waals surface area contributed by atoms with E-state index in [0.717, 1.165) is 22.7 Å². The molecule has 0 radical (unpaired) electrons. The summed E-state index contributed by atoms with van der Waals surface area (Å²) in [5.74, 6) is 0.625. The van der Waals surface area contributed by atoms with Crippen molar-refractivity contribution in [1.29, 1.82) is 0 Å². The molecule has 27 heavy (non-hydrogen) atoms. The molecule has 2 aromatic rings. The summed E-state index contributed by atoms with van der Waals surface area (Å²) >= 11 is 0. The van der Waals surface area contributed by atoms with Crippen molar-refractivity contribution in [1.82, 2.24) is 5.32 Å². The van der Waals surface area contributed by atoms with E-state index in [9.17, 15) is 9.59 Å². The number of carbonyl (C=O) groups is 2. The zero-order valence-corrected chi connectivity index (χ0v) is 16.4. The average molecular weight is 369 g/mol. The summed E-state index contributed by atoms with van der Waals surface area (Å²) in [6.45, 7) is 2.34. The molecule has 144 valence electrons. The van der Waals surface area contributed by atoms with Crippen LogP contribution < -0.4 is 19.9 Å². The number of nitrogens with one attached hydrogen (secondary N) is 1. The molecule has 0 unspecified atom stereocenters. The largest absolute Gasteiger partial charge is 0.497 e. The van der Waals surface area contributed by atoms with Crippen molar-refractivity contribution in [3.63, 3.8) is 0 Å². The summed E-state index contributed by atoms with van der Waals surface area (Å²) in [6, 6.07) is 15.2. The molecule has 6 nitrogen and oxygen atoms in total. The average Bonchev–Trinajstić information content (AvgIpc) is 2.65. The van der Waals surface area contributed by atoms with Gasteiger partial charge in [-0.1, -0.05) is 12.1 Å². The molecule has 2 rings (SSSR count). The lowest BCUT2D eigenvalue weighted by molar-refractivity contribution is -0.121. The highest BCUT2D eigenvalue weighted by molar-refractivity contribution is 5.91. The van der Waals surface area contributed by atoms with E-state index in [2.05, 4.69) is 5.32 Å². The van der Waals surface area contributed by atoms with Gasteiger partial charge in [0.25, 0.3) is 0 Å². The molecular formula is C21H27N3O3. The SMILES string of the molecule is COc1ccc(CC(=O)NCCN(C(C)=O)c2ccc(N(C)C)cc2)cc1. The quantitative estimate of drug-likeness (QED) is 0.777. The van der Waals surface area contributed by atoms with Gasteiger partial charge in [0.05, 0.1) is 13.5 Å². The molecule has 0 heterocycles. The van der Waals surface area contributed by atoms with Gasteiger partial charge >= 0.3 is 0 Å². The maximum Gasteiger partial charge on any atom is 0.224 e. The van der Waals surface area contributed by atoms with E-state index >= 15 is 0 Å². The Kier molecular flexibility index (Phi) is 7.23. The number of benzene rings is 2. The summed E-state index contributed by atoms with van der Waals surface area (Å²) in [5, 5.41) is 2.87. The number of anilines is 2. The Labute approximate surface area is 160 Å². The van der Waals surface area contributed by atoms with Gasteiger partial charge in [-0.05, 0) is 42.0 Å². The molecule has 6 heteroatoms. The second kappa shape index (κ2) is 9.62. The Hall–Kier alpha value is -3.02. The number of ether oxygens (including phenoxy) is 1. The number of amides is 2. The maximum absolute atomic E-state index is 12.1. The number of hydrogen-bond donors (Lipinski definition) is 1. The smallest absolute Gasteiger partial charge is 0.224 e. The number of methoxy groups -OCH3 is 1. The van der Waals surface area contributed by atoms with Crippen molar-refractivity contribution >= 4 is 23.2 Å². The second-order valence-corrected chi connectivity index (χ2v) is 6.46. The summed E-state index contributed by atoms with van der Waals surface area (Å²) in [4.78, 5) is 27.8. The van der Waals surface area contributed by atoms with Crippen LogP contribution in [0.5, 0.6) is 5.75 Å². The third kappa shape index (κ3) is 6.02. The van der Waals surface area contributed by atoms with E-state index in [4.69, 9.17) is 4.74 Å². The van der Waals surface area contributed by atoms with Gasteiger partial charge in [-0.3, -0.25) is 9.59 Å². The minimum absolute atomic E-state index is 0.0583. The molecule has 0 aromatic heterocycles. The van der Waals surface area contributed by atoms with Crippen molar-refractivity contribution in [2.45, 2.75) is 13.3 Å². The van der Waals surface area contributed by atoms with Crippen LogP contribution >= 0.6 is 0 Å². The lowest BCUT2D eigenvalue weighted by atomic mass is 10.1. The van der Waals surface area contributed by atoms with Gasteiger partial charge in [-0.2, -0.15) is 0 Å². The van der Waals surface area contributed by atoms with Gasteiger partial charge in [-0.15, -0.1) is 0 Å². The molecular weight excluding hydrogens is 342 g/mol. The van der Waals surface area contributed by atoms with Gasteiger partial charge in [0.1, 0.15) is 5.75 Å². The Balaban J connectivity index is 1.88. The van der Waals surface area contributed by atoms with E-state index in [1.54, 1.807) is 12.0 Å². The van der Waals surface area contributed by atoms with E-state index in [-0.39, 0.29) is 11.8 Å². The summed E-state index contributed by atoms with van der Waals surface area (Å²) in [6.07, 6.45) is 0.293. The van der Waals surface area contributed by atoms with Gasteiger partial charge in [0.15, 0.2) is 0 Å². The van der Waals surface area contributed by atoms with Crippen molar-refractivity contribution in [3.8, 4) is 5.75 Å². The zero-order chi connectivity index (χ0) is 19.8. The summed E-state index contributed by atoms with van der Waals surface area (Å²) < 4.78 is 5.11.